The molecular formula is C69H130O17P2. The monoisotopic (exact) mass is 1290 g/mol. The third-order valence-corrected chi connectivity index (χ3v) is 17.3. The van der Waals surface area contributed by atoms with Gasteiger partial charge in [-0.05, 0) is 57.3 Å². The molecule has 17 nitrogen and oxygen atoms in total. The molecule has 0 saturated carbocycles. The van der Waals surface area contributed by atoms with Gasteiger partial charge in [-0.25, -0.2) is 9.13 Å². The Hall–Kier alpha value is -2.46. The molecule has 2 unspecified atom stereocenters. The number of allylic oxidation sites excluding steroid dienone is 4. The fraction of sp³-hybridized carbons (Fsp3) is 0.884. The van der Waals surface area contributed by atoms with Crippen LogP contribution in [0, 0.1) is 5.92 Å². The molecule has 0 heterocycles. The van der Waals surface area contributed by atoms with E-state index in [1.54, 1.807) is 0 Å². The average molecular weight is 1290 g/mol. The number of phosphoric ester groups is 2. The summed E-state index contributed by atoms with van der Waals surface area (Å²) >= 11 is 0. The van der Waals surface area contributed by atoms with Gasteiger partial charge < -0.3 is 33.8 Å². The van der Waals surface area contributed by atoms with Crippen LogP contribution in [0.25, 0.3) is 0 Å². The number of ether oxygens (including phenoxy) is 4. The van der Waals surface area contributed by atoms with Gasteiger partial charge in [-0.15, -0.1) is 0 Å². The molecule has 0 aliphatic carbocycles. The van der Waals surface area contributed by atoms with E-state index in [0.717, 1.165) is 109 Å². The molecule has 0 saturated heterocycles. The van der Waals surface area contributed by atoms with Crippen molar-refractivity contribution in [1.29, 1.82) is 0 Å². The molecule has 0 aliphatic heterocycles. The molecule has 0 fully saturated rings. The SMILES string of the molecule is CCCCCC/C=C\C=C/CCCCCCCC(=O)O[C@H](COC(=O)CCCCCCCCCCCCC(C)C)COP(=O)(O)OC[C@@H](O)COP(=O)(O)OC[C@@H](COC(=O)CCCCCCCCCCC)OC(=O)CCCCCCCCCCCCC. The lowest BCUT2D eigenvalue weighted by Crippen LogP contribution is -2.30. The van der Waals surface area contributed by atoms with Gasteiger partial charge in [-0.3, -0.25) is 37.3 Å². The van der Waals surface area contributed by atoms with Gasteiger partial charge in [0.1, 0.15) is 19.3 Å². The maximum Gasteiger partial charge on any atom is 0.472 e. The highest BCUT2D eigenvalue weighted by molar-refractivity contribution is 7.47. The van der Waals surface area contributed by atoms with E-state index in [4.69, 9.17) is 37.0 Å². The van der Waals surface area contributed by atoms with Gasteiger partial charge in [0, 0.05) is 25.7 Å². The second-order valence-corrected chi connectivity index (χ2v) is 27.6. The van der Waals surface area contributed by atoms with Gasteiger partial charge in [0.2, 0.25) is 0 Å². The minimum atomic E-state index is -4.96. The van der Waals surface area contributed by atoms with E-state index in [2.05, 4.69) is 58.9 Å². The van der Waals surface area contributed by atoms with Gasteiger partial charge in [-0.2, -0.15) is 0 Å². The Labute approximate surface area is 535 Å². The topological polar surface area (TPSA) is 237 Å². The fourth-order valence-corrected chi connectivity index (χ4v) is 11.5. The molecule has 3 N–H and O–H groups in total. The lowest BCUT2D eigenvalue weighted by molar-refractivity contribution is -0.161. The highest BCUT2D eigenvalue weighted by Crippen LogP contribution is 2.45. The number of carbonyl (C=O) groups excluding carboxylic acids is 4. The maximum atomic E-state index is 13.0. The Kier molecular flexibility index (Phi) is 60.3. The zero-order chi connectivity index (χ0) is 64.9. The van der Waals surface area contributed by atoms with Crippen LogP contribution >= 0.6 is 15.6 Å². The summed E-state index contributed by atoms with van der Waals surface area (Å²) in [5.41, 5.74) is 0. The van der Waals surface area contributed by atoms with Gasteiger partial charge in [0.05, 0.1) is 26.4 Å². The third-order valence-electron chi connectivity index (χ3n) is 15.4. The summed E-state index contributed by atoms with van der Waals surface area (Å²) in [7, 11) is -9.91. The first-order chi connectivity index (χ1) is 42.5. The van der Waals surface area contributed by atoms with E-state index in [1.165, 1.54) is 141 Å². The molecule has 518 valence electrons. The molecule has 0 aromatic rings. The van der Waals surface area contributed by atoms with Crippen molar-refractivity contribution in [3.8, 4) is 0 Å². The minimum Gasteiger partial charge on any atom is -0.462 e. The molecule has 0 rings (SSSR count). The smallest absolute Gasteiger partial charge is 0.462 e. The summed E-state index contributed by atoms with van der Waals surface area (Å²) in [6.45, 7) is 7.14. The quantitative estimate of drug-likeness (QED) is 0.0169. The first-order valence-electron chi connectivity index (χ1n) is 35.5. The predicted molar refractivity (Wildman–Crippen MR) is 354 cm³/mol. The summed E-state index contributed by atoms with van der Waals surface area (Å²) in [4.78, 5) is 72.4. The molecule has 0 aliphatic rings. The van der Waals surface area contributed by atoms with Crippen LogP contribution in [-0.4, -0.2) is 96.7 Å². The third kappa shape index (κ3) is 62.4. The Balaban J connectivity index is 5.28. The van der Waals surface area contributed by atoms with Crippen molar-refractivity contribution in [2.24, 2.45) is 5.92 Å². The number of aliphatic hydroxyl groups excluding tert-OH is 1. The van der Waals surface area contributed by atoms with Crippen LogP contribution in [0.1, 0.15) is 330 Å². The van der Waals surface area contributed by atoms with E-state index in [1.807, 2.05) is 0 Å². The number of rotatable bonds is 67. The Morgan fingerprint density at radius 3 is 0.932 bits per heavy atom. The van der Waals surface area contributed by atoms with Crippen molar-refractivity contribution in [3.63, 3.8) is 0 Å². The molecule has 0 bridgehead atoms. The molecule has 88 heavy (non-hydrogen) atoms. The van der Waals surface area contributed by atoms with Crippen molar-refractivity contribution < 1.29 is 80.2 Å². The van der Waals surface area contributed by atoms with Crippen LogP contribution in [0.4, 0.5) is 0 Å². The van der Waals surface area contributed by atoms with Crippen LogP contribution in [0.15, 0.2) is 24.3 Å². The summed E-state index contributed by atoms with van der Waals surface area (Å²) in [5, 5.41) is 10.6. The molecule has 19 heteroatoms. The zero-order valence-electron chi connectivity index (χ0n) is 56.3. The van der Waals surface area contributed by atoms with Crippen LogP contribution in [0.5, 0.6) is 0 Å². The van der Waals surface area contributed by atoms with Crippen molar-refractivity contribution in [3.05, 3.63) is 24.3 Å². The van der Waals surface area contributed by atoms with Crippen LogP contribution in [0.2, 0.25) is 0 Å². The molecular weight excluding hydrogens is 1160 g/mol. The minimum absolute atomic E-state index is 0.0849. The molecule has 0 amide bonds. The summed E-state index contributed by atoms with van der Waals surface area (Å²) in [5.74, 6) is -1.40. The normalized spacial score (nSPS) is 14.3. The Morgan fingerprint density at radius 1 is 0.352 bits per heavy atom. The highest BCUT2D eigenvalue weighted by Gasteiger charge is 2.30. The van der Waals surface area contributed by atoms with E-state index >= 15 is 0 Å². The van der Waals surface area contributed by atoms with Gasteiger partial charge in [0.15, 0.2) is 12.2 Å². The van der Waals surface area contributed by atoms with Crippen LogP contribution < -0.4 is 0 Å². The molecule has 0 aromatic carbocycles. The summed E-state index contributed by atoms with van der Waals surface area (Å²) in [6, 6.07) is 0. The highest BCUT2D eigenvalue weighted by atomic mass is 31.2. The Morgan fingerprint density at radius 2 is 0.614 bits per heavy atom. The zero-order valence-corrected chi connectivity index (χ0v) is 58.1. The number of phosphoric acid groups is 2. The van der Waals surface area contributed by atoms with Crippen molar-refractivity contribution in [2.45, 2.75) is 348 Å². The maximum absolute atomic E-state index is 13.0. The van der Waals surface area contributed by atoms with E-state index in [-0.39, 0.29) is 25.7 Å². The number of aliphatic hydroxyl groups is 1. The van der Waals surface area contributed by atoms with E-state index in [0.29, 0.717) is 25.7 Å². The molecule has 0 spiro atoms. The number of esters is 4. The number of carbonyl (C=O) groups is 4. The fourth-order valence-electron chi connectivity index (χ4n) is 9.93. The van der Waals surface area contributed by atoms with Crippen molar-refractivity contribution in [1.82, 2.24) is 0 Å². The standard InChI is InChI=1S/C69H130O17P2/c1-6-9-12-15-18-21-23-24-25-26-28-35-40-45-50-55-69(74)86-65(59-80-67(72)53-48-43-38-33-30-29-32-36-41-46-51-62(4)5)61-84-88(77,78)82-57-63(70)56-81-87(75,76)83-60-64(58-79-66(71)52-47-42-37-31-20-17-14-11-8-3)85-68(73)54-49-44-39-34-27-22-19-16-13-10-7-2/h21,23-25,62-65,70H,6-20,22,26-61H2,1-5H3,(H,75,76)(H,77,78)/b23-21-,25-24-/t63-,64+,65+/m0/s1. The first kappa shape index (κ1) is 85.5. The van der Waals surface area contributed by atoms with Crippen LogP contribution in [-0.2, 0) is 65.4 Å². The first-order valence-corrected chi connectivity index (χ1v) is 38.4. The molecule has 0 radical (unpaired) electrons. The number of unbranched alkanes of at least 4 members (excludes halogenated alkanes) is 36. The number of hydrogen-bond donors (Lipinski definition) is 3. The predicted octanol–water partition coefficient (Wildman–Crippen LogP) is 19.3. The lowest BCUT2D eigenvalue weighted by atomic mass is 10.0. The summed E-state index contributed by atoms with van der Waals surface area (Å²) in [6.07, 6.45) is 50.7. The van der Waals surface area contributed by atoms with Crippen LogP contribution in [0.3, 0.4) is 0 Å². The number of hydrogen-bond acceptors (Lipinski definition) is 15. The van der Waals surface area contributed by atoms with Gasteiger partial charge in [0.25, 0.3) is 0 Å². The largest absolute Gasteiger partial charge is 0.472 e. The van der Waals surface area contributed by atoms with Crippen molar-refractivity contribution in [2.75, 3.05) is 39.6 Å². The van der Waals surface area contributed by atoms with Crippen molar-refractivity contribution >= 4 is 39.5 Å². The molecule has 5 atom stereocenters. The lowest BCUT2D eigenvalue weighted by Gasteiger charge is -2.21. The second-order valence-electron chi connectivity index (χ2n) is 24.7. The van der Waals surface area contributed by atoms with Gasteiger partial charge in [-0.1, -0.05) is 277 Å². The Bertz CT molecular complexity index is 1800. The second kappa shape index (κ2) is 62.0. The molecule has 0 aromatic heterocycles. The van der Waals surface area contributed by atoms with Gasteiger partial charge >= 0.3 is 39.5 Å². The van der Waals surface area contributed by atoms with E-state index < -0.39 is 97.5 Å². The average Bonchev–Trinajstić information content (AvgIpc) is 3.54. The summed E-state index contributed by atoms with van der Waals surface area (Å²) < 4.78 is 68.1. The van der Waals surface area contributed by atoms with E-state index in [9.17, 15) is 43.2 Å².